The highest BCUT2D eigenvalue weighted by atomic mass is 35.5. The Kier molecular flexibility index (Phi) is 5.34. The molecular weight excluding hydrogens is 339 g/mol. The standard InChI is InChI=1S/C16H16Cl2N2O3/c1-16(2,3)23-15(21)20-19-9-11-5-7-14(22-11)12-6-4-10(17)8-13(12)18/h4-9H,1-3H3,(H,20,21)/b19-9+. The van der Waals surface area contributed by atoms with Crippen LogP contribution in [0.25, 0.3) is 11.3 Å². The van der Waals surface area contributed by atoms with E-state index in [-0.39, 0.29) is 0 Å². The molecule has 5 nitrogen and oxygen atoms in total. The molecule has 0 unspecified atom stereocenters. The Morgan fingerprint density at radius 1 is 1.26 bits per heavy atom. The number of benzene rings is 1. The summed E-state index contributed by atoms with van der Waals surface area (Å²) in [5, 5.41) is 4.81. The molecule has 0 atom stereocenters. The van der Waals surface area contributed by atoms with Crippen LogP contribution in [0.1, 0.15) is 26.5 Å². The molecule has 0 fully saturated rings. The van der Waals surface area contributed by atoms with Gasteiger partial charge in [0, 0.05) is 10.6 Å². The van der Waals surface area contributed by atoms with Gasteiger partial charge in [-0.15, -0.1) is 0 Å². The van der Waals surface area contributed by atoms with E-state index in [2.05, 4.69) is 10.5 Å². The van der Waals surface area contributed by atoms with Gasteiger partial charge in [0.05, 0.1) is 11.2 Å². The van der Waals surface area contributed by atoms with Gasteiger partial charge >= 0.3 is 6.09 Å². The zero-order chi connectivity index (χ0) is 17.0. The Bertz CT molecular complexity index is 733. The minimum Gasteiger partial charge on any atom is -0.455 e. The van der Waals surface area contributed by atoms with E-state index in [0.717, 1.165) is 5.56 Å². The Morgan fingerprint density at radius 3 is 2.65 bits per heavy atom. The average Bonchev–Trinajstić information content (AvgIpc) is 2.85. The predicted molar refractivity (Wildman–Crippen MR) is 91.1 cm³/mol. The molecule has 0 aliphatic rings. The van der Waals surface area contributed by atoms with Gasteiger partial charge in [-0.1, -0.05) is 23.2 Å². The highest BCUT2D eigenvalue weighted by molar-refractivity contribution is 6.36. The van der Waals surface area contributed by atoms with Crippen molar-refractivity contribution in [3.8, 4) is 11.3 Å². The Hall–Kier alpha value is -1.98. The predicted octanol–water partition coefficient (Wildman–Crippen LogP) is 5.11. The van der Waals surface area contributed by atoms with Gasteiger partial charge in [-0.05, 0) is 51.1 Å². The fourth-order valence-electron chi connectivity index (χ4n) is 1.71. The number of hydrogen-bond acceptors (Lipinski definition) is 4. The van der Waals surface area contributed by atoms with E-state index in [0.29, 0.717) is 21.6 Å². The highest BCUT2D eigenvalue weighted by Crippen LogP contribution is 2.31. The van der Waals surface area contributed by atoms with Crippen molar-refractivity contribution in [2.75, 3.05) is 0 Å². The molecule has 1 aromatic heterocycles. The van der Waals surface area contributed by atoms with Gasteiger partial charge in [-0.3, -0.25) is 0 Å². The van der Waals surface area contributed by atoms with Crippen LogP contribution in [-0.4, -0.2) is 17.9 Å². The molecule has 0 saturated carbocycles. The Labute approximate surface area is 144 Å². The quantitative estimate of drug-likeness (QED) is 0.615. The highest BCUT2D eigenvalue weighted by Gasteiger charge is 2.15. The lowest BCUT2D eigenvalue weighted by Gasteiger charge is -2.18. The van der Waals surface area contributed by atoms with Gasteiger partial charge in [0.25, 0.3) is 0 Å². The normalized spacial score (nSPS) is 11.7. The van der Waals surface area contributed by atoms with Crippen LogP contribution in [0.4, 0.5) is 4.79 Å². The summed E-state index contributed by atoms with van der Waals surface area (Å²) in [7, 11) is 0. The summed E-state index contributed by atoms with van der Waals surface area (Å²) >= 11 is 12.0. The summed E-state index contributed by atoms with van der Waals surface area (Å²) in [5.74, 6) is 1.03. The van der Waals surface area contributed by atoms with E-state index in [1.165, 1.54) is 6.21 Å². The summed E-state index contributed by atoms with van der Waals surface area (Å²) < 4.78 is 10.7. The van der Waals surface area contributed by atoms with Crippen molar-refractivity contribution < 1.29 is 13.9 Å². The van der Waals surface area contributed by atoms with Crippen LogP contribution in [0.15, 0.2) is 39.9 Å². The van der Waals surface area contributed by atoms with Gasteiger partial charge in [0.1, 0.15) is 17.1 Å². The molecule has 1 N–H and O–H groups in total. The summed E-state index contributed by atoms with van der Waals surface area (Å²) in [6.07, 6.45) is 0.735. The van der Waals surface area contributed by atoms with E-state index < -0.39 is 11.7 Å². The lowest BCUT2D eigenvalue weighted by Crippen LogP contribution is -2.29. The number of nitrogens with one attached hydrogen (secondary N) is 1. The van der Waals surface area contributed by atoms with Crippen molar-refractivity contribution in [2.45, 2.75) is 26.4 Å². The Morgan fingerprint density at radius 2 is 2.00 bits per heavy atom. The second-order valence-electron chi connectivity index (χ2n) is 5.70. The fourth-order valence-corrected chi connectivity index (χ4v) is 2.21. The second kappa shape index (κ2) is 7.06. The molecule has 1 heterocycles. The zero-order valence-corrected chi connectivity index (χ0v) is 14.4. The molecule has 1 amide bonds. The number of rotatable bonds is 3. The molecule has 1 aromatic carbocycles. The molecule has 0 spiro atoms. The van der Waals surface area contributed by atoms with Gasteiger partial charge in [-0.25, -0.2) is 10.2 Å². The third kappa shape index (κ3) is 5.30. The number of halogens is 2. The van der Waals surface area contributed by atoms with Gasteiger partial charge in [-0.2, -0.15) is 5.10 Å². The smallest absolute Gasteiger partial charge is 0.428 e. The maximum atomic E-state index is 11.4. The molecule has 0 bridgehead atoms. The van der Waals surface area contributed by atoms with Gasteiger partial charge in [0.2, 0.25) is 0 Å². The monoisotopic (exact) mass is 354 g/mol. The first-order chi connectivity index (χ1) is 10.7. The van der Waals surface area contributed by atoms with Crippen LogP contribution < -0.4 is 5.43 Å². The summed E-state index contributed by atoms with van der Waals surface area (Å²) in [5.41, 5.74) is 2.40. The number of hydrazone groups is 1. The molecule has 7 heteroatoms. The average molecular weight is 355 g/mol. The maximum absolute atomic E-state index is 11.4. The SMILES string of the molecule is CC(C)(C)OC(=O)N/N=C/c1ccc(-c2ccc(Cl)cc2Cl)o1. The van der Waals surface area contributed by atoms with Gasteiger partial charge in [0.15, 0.2) is 0 Å². The van der Waals surface area contributed by atoms with Crippen LogP contribution in [0.3, 0.4) is 0 Å². The van der Waals surface area contributed by atoms with Crippen molar-refractivity contribution >= 4 is 35.5 Å². The van der Waals surface area contributed by atoms with Crippen LogP contribution >= 0.6 is 23.2 Å². The Balaban J connectivity index is 2.02. The summed E-state index contributed by atoms with van der Waals surface area (Å²) in [6, 6.07) is 8.59. The van der Waals surface area contributed by atoms with E-state index >= 15 is 0 Å². The largest absolute Gasteiger partial charge is 0.455 e. The number of ether oxygens (including phenoxy) is 1. The first kappa shape index (κ1) is 17.4. The number of carbonyl (C=O) groups is 1. The molecule has 0 aliphatic heterocycles. The summed E-state index contributed by atoms with van der Waals surface area (Å²) in [4.78, 5) is 11.4. The number of hydrogen-bond donors (Lipinski definition) is 1. The van der Waals surface area contributed by atoms with Crippen molar-refractivity contribution in [3.05, 3.63) is 46.1 Å². The van der Waals surface area contributed by atoms with E-state index in [1.54, 1.807) is 51.1 Å². The third-order valence-corrected chi connectivity index (χ3v) is 3.12. The molecular formula is C16H16Cl2N2O3. The number of carbonyl (C=O) groups excluding carboxylic acids is 1. The van der Waals surface area contributed by atoms with E-state index in [4.69, 9.17) is 32.4 Å². The number of nitrogens with zero attached hydrogens (tertiary/aromatic N) is 1. The molecule has 2 rings (SSSR count). The topological polar surface area (TPSA) is 63.8 Å². The van der Waals surface area contributed by atoms with Crippen molar-refractivity contribution in [3.63, 3.8) is 0 Å². The number of furan rings is 1. The summed E-state index contributed by atoms with van der Waals surface area (Å²) in [6.45, 7) is 5.31. The minimum atomic E-state index is -0.638. The molecule has 0 saturated heterocycles. The van der Waals surface area contributed by atoms with Crippen LogP contribution in [0, 0.1) is 0 Å². The number of amides is 1. The van der Waals surface area contributed by atoms with Crippen LogP contribution in [0.2, 0.25) is 10.0 Å². The third-order valence-electron chi connectivity index (χ3n) is 2.57. The molecule has 0 radical (unpaired) electrons. The molecule has 23 heavy (non-hydrogen) atoms. The zero-order valence-electron chi connectivity index (χ0n) is 12.9. The lowest BCUT2D eigenvalue weighted by atomic mass is 10.2. The van der Waals surface area contributed by atoms with Crippen LogP contribution in [-0.2, 0) is 4.74 Å². The molecule has 2 aromatic rings. The maximum Gasteiger partial charge on any atom is 0.428 e. The first-order valence-electron chi connectivity index (χ1n) is 6.82. The van der Waals surface area contributed by atoms with Crippen molar-refractivity contribution in [1.29, 1.82) is 0 Å². The fraction of sp³-hybridized carbons (Fsp3) is 0.250. The van der Waals surface area contributed by atoms with Crippen LogP contribution in [0.5, 0.6) is 0 Å². The molecule has 122 valence electrons. The van der Waals surface area contributed by atoms with Crippen molar-refractivity contribution in [1.82, 2.24) is 5.43 Å². The lowest BCUT2D eigenvalue weighted by molar-refractivity contribution is 0.0529. The van der Waals surface area contributed by atoms with Crippen molar-refractivity contribution in [2.24, 2.45) is 5.10 Å². The van der Waals surface area contributed by atoms with Gasteiger partial charge < -0.3 is 9.15 Å². The molecule has 0 aliphatic carbocycles. The van der Waals surface area contributed by atoms with E-state index in [1.807, 2.05) is 0 Å². The first-order valence-corrected chi connectivity index (χ1v) is 7.57. The minimum absolute atomic E-state index is 0.460. The second-order valence-corrected chi connectivity index (χ2v) is 6.54. The van der Waals surface area contributed by atoms with E-state index in [9.17, 15) is 4.79 Å².